The van der Waals surface area contributed by atoms with E-state index in [4.69, 9.17) is 5.26 Å². The van der Waals surface area contributed by atoms with Crippen LogP contribution in [0.2, 0.25) is 0 Å². The van der Waals surface area contributed by atoms with Crippen molar-refractivity contribution in [3.8, 4) is 6.07 Å². The maximum atomic E-state index is 12.8. The number of aromatic nitrogens is 2. The Morgan fingerprint density at radius 1 is 1.43 bits per heavy atom. The normalized spacial score (nSPS) is 11.0. The van der Waals surface area contributed by atoms with E-state index >= 15 is 0 Å². The largest absolute Gasteiger partial charge is 0.417 e. The summed E-state index contributed by atoms with van der Waals surface area (Å²) in [5.41, 5.74) is -1.07. The highest BCUT2D eigenvalue weighted by Crippen LogP contribution is 2.35. The van der Waals surface area contributed by atoms with Crippen LogP contribution in [-0.2, 0) is 6.18 Å². The van der Waals surface area contributed by atoms with E-state index in [1.807, 2.05) is 0 Å². The number of nitrogens with zero attached hydrogens (tertiary/aromatic N) is 2. The lowest BCUT2D eigenvalue weighted by molar-refractivity contribution is -0.138. The van der Waals surface area contributed by atoms with Crippen molar-refractivity contribution >= 4 is 27.7 Å². The quantitative estimate of drug-likeness (QED) is 0.863. The molecule has 0 radical (unpaired) electrons. The minimum absolute atomic E-state index is 0.0268. The van der Waals surface area contributed by atoms with Crippen LogP contribution < -0.4 is 5.32 Å². The molecular weight excluding hydrogens is 353 g/mol. The summed E-state index contributed by atoms with van der Waals surface area (Å²) in [6.45, 7) is 0. The number of benzene rings is 1. The van der Waals surface area contributed by atoms with E-state index in [2.05, 4.69) is 31.4 Å². The van der Waals surface area contributed by atoms with Gasteiger partial charge in [-0.2, -0.15) is 23.5 Å². The number of alkyl halides is 3. The van der Waals surface area contributed by atoms with Crippen molar-refractivity contribution in [2.24, 2.45) is 0 Å². The van der Waals surface area contributed by atoms with Crippen molar-refractivity contribution in [3.05, 3.63) is 45.6 Å². The Labute approximate surface area is 124 Å². The molecule has 9 heteroatoms. The van der Waals surface area contributed by atoms with Gasteiger partial charge < -0.3 is 5.32 Å². The average Bonchev–Trinajstić information content (AvgIpc) is 2.85. The second kappa shape index (κ2) is 5.57. The molecule has 1 aromatic heterocycles. The van der Waals surface area contributed by atoms with Crippen LogP contribution >= 0.6 is 15.9 Å². The molecule has 0 unspecified atom stereocenters. The fourth-order valence-corrected chi connectivity index (χ4v) is 2.01. The summed E-state index contributed by atoms with van der Waals surface area (Å²) in [6.07, 6.45) is -3.39. The summed E-state index contributed by atoms with van der Waals surface area (Å²) in [5, 5.41) is 17.0. The Bertz CT molecular complexity index is 733. The number of aromatic amines is 1. The van der Waals surface area contributed by atoms with E-state index in [0.717, 1.165) is 12.1 Å². The van der Waals surface area contributed by atoms with Crippen LogP contribution in [0.1, 0.15) is 21.5 Å². The molecule has 2 rings (SSSR count). The average molecular weight is 359 g/mol. The van der Waals surface area contributed by atoms with E-state index in [1.54, 1.807) is 6.07 Å². The first-order chi connectivity index (χ1) is 9.82. The third-order valence-electron chi connectivity index (χ3n) is 2.53. The molecule has 21 heavy (non-hydrogen) atoms. The number of amides is 1. The maximum absolute atomic E-state index is 12.8. The van der Waals surface area contributed by atoms with E-state index < -0.39 is 17.6 Å². The third-order valence-corrected chi connectivity index (χ3v) is 3.22. The van der Waals surface area contributed by atoms with Gasteiger partial charge >= 0.3 is 6.18 Å². The first-order valence-electron chi connectivity index (χ1n) is 5.44. The van der Waals surface area contributed by atoms with Crippen LogP contribution in [0, 0.1) is 11.3 Å². The predicted molar refractivity (Wildman–Crippen MR) is 70.4 cm³/mol. The van der Waals surface area contributed by atoms with Crippen LogP contribution in [-0.4, -0.2) is 16.1 Å². The van der Waals surface area contributed by atoms with Gasteiger partial charge in [-0.05, 0) is 18.2 Å². The molecule has 108 valence electrons. The number of hydrogen-bond acceptors (Lipinski definition) is 3. The highest BCUT2D eigenvalue weighted by molar-refractivity contribution is 9.10. The van der Waals surface area contributed by atoms with Crippen molar-refractivity contribution in [1.82, 2.24) is 10.2 Å². The summed E-state index contributed by atoms with van der Waals surface area (Å²) < 4.78 is 38.1. The second-order valence-corrected chi connectivity index (χ2v) is 4.77. The monoisotopic (exact) mass is 358 g/mol. The van der Waals surface area contributed by atoms with Crippen molar-refractivity contribution in [3.63, 3.8) is 0 Å². The molecule has 0 atom stereocenters. The van der Waals surface area contributed by atoms with E-state index in [0.29, 0.717) is 0 Å². The third kappa shape index (κ3) is 3.22. The number of nitrogens with one attached hydrogen (secondary N) is 2. The van der Waals surface area contributed by atoms with Gasteiger partial charge in [0.1, 0.15) is 17.5 Å². The molecule has 0 spiro atoms. The summed E-state index contributed by atoms with van der Waals surface area (Å²) >= 11 is 2.79. The highest BCUT2D eigenvalue weighted by atomic mass is 79.9. The Balaban J connectivity index is 2.31. The number of nitriles is 1. The molecule has 0 aliphatic carbocycles. The summed E-state index contributed by atoms with van der Waals surface area (Å²) in [6, 6.07) is 4.87. The first kappa shape index (κ1) is 15.1. The fraction of sp³-hybridized carbons (Fsp3) is 0.0833. The van der Waals surface area contributed by atoms with Crippen molar-refractivity contribution in [1.29, 1.82) is 5.26 Å². The molecular formula is C12H6BrF3N4O. The molecule has 1 heterocycles. The van der Waals surface area contributed by atoms with Crippen LogP contribution in [0.3, 0.4) is 0 Å². The van der Waals surface area contributed by atoms with Gasteiger partial charge in [-0.3, -0.25) is 9.89 Å². The van der Waals surface area contributed by atoms with Crippen molar-refractivity contribution in [2.75, 3.05) is 5.32 Å². The lowest BCUT2D eigenvalue weighted by Gasteiger charge is -2.11. The van der Waals surface area contributed by atoms with Gasteiger partial charge in [-0.25, -0.2) is 0 Å². The predicted octanol–water partition coefficient (Wildman–Crippen LogP) is 3.31. The number of carbonyl (C=O) groups excluding carboxylic acids is 1. The number of halogens is 4. The molecule has 0 bridgehead atoms. The number of anilines is 1. The Morgan fingerprint density at radius 3 is 2.76 bits per heavy atom. The minimum atomic E-state index is -4.58. The smallest absolute Gasteiger partial charge is 0.306 e. The number of hydrogen-bond donors (Lipinski definition) is 2. The summed E-state index contributed by atoms with van der Waals surface area (Å²) in [7, 11) is 0. The lowest BCUT2D eigenvalue weighted by atomic mass is 10.1. The molecule has 0 aliphatic heterocycles. The topological polar surface area (TPSA) is 81.6 Å². The number of rotatable bonds is 2. The molecule has 0 fully saturated rings. The van der Waals surface area contributed by atoms with E-state index in [-0.39, 0.29) is 21.4 Å². The van der Waals surface area contributed by atoms with Gasteiger partial charge in [0.25, 0.3) is 5.91 Å². The zero-order valence-corrected chi connectivity index (χ0v) is 11.7. The van der Waals surface area contributed by atoms with Gasteiger partial charge in [0.05, 0.1) is 11.8 Å². The first-order valence-corrected chi connectivity index (χ1v) is 6.24. The standard InChI is InChI=1S/C12H6BrF3N4O/c13-9-2-1-6(3-8(9)12(14,15)16)11(21)19-10-7(4-17)5-18-20-10/h1-3,5H,(H2,18,19,20,21). The number of H-pyrrole nitrogens is 1. The van der Waals surface area contributed by atoms with Crippen LogP contribution in [0.25, 0.3) is 0 Å². The SMILES string of the molecule is N#Cc1cn[nH]c1NC(=O)c1ccc(Br)c(C(F)(F)F)c1. The molecule has 1 amide bonds. The molecule has 0 saturated heterocycles. The Kier molecular flexibility index (Phi) is 3.99. The van der Waals surface area contributed by atoms with E-state index in [1.165, 1.54) is 12.3 Å². The highest BCUT2D eigenvalue weighted by Gasteiger charge is 2.33. The minimum Gasteiger partial charge on any atom is -0.306 e. The van der Waals surface area contributed by atoms with Crippen molar-refractivity contribution in [2.45, 2.75) is 6.18 Å². The lowest BCUT2D eigenvalue weighted by Crippen LogP contribution is -2.15. The van der Waals surface area contributed by atoms with E-state index in [9.17, 15) is 18.0 Å². The van der Waals surface area contributed by atoms with Gasteiger partial charge in [0, 0.05) is 10.0 Å². The molecule has 5 nitrogen and oxygen atoms in total. The molecule has 0 aliphatic rings. The fourth-order valence-electron chi connectivity index (χ4n) is 1.54. The van der Waals surface area contributed by atoms with Gasteiger partial charge in [-0.1, -0.05) is 15.9 Å². The zero-order chi connectivity index (χ0) is 15.6. The Hall–Kier alpha value is -2.34. The van der Waals surface area contributed by atoms with Crippen LogP contribution in [0.15, 0.2) is 28.9 Å². The zero-order valence-electron chi connectivity index (χ0n) is 10.1. The molecule has 2 aromatic rings. The molecule has 2 N–H and O–H groups in total. The number of carbonyl (C=O) groups is 1. The van der Waals surface area contributed by atoms with Crippen LogP contribution in [0.5, 0.6) is 0 Å². The summed E-state index contributed by atoms with van der Waals surface area (Å²) in [4.78, 5) is 11.9. The van der Waals surface area contributed by atoms with Gasteiger partial charge in [-0.15, -0.1) is 0 Å². The van der Waals surface area contributed by atoms with Gasteiger partial charge in [0.2, 0.25) is 0 Å². The Morgan fingerprint density at radius 2 is 2.14 bits per heavy atom. The van der Waals surface area contributed by atoms with Crippen LogP contribution in [0.4, 0.5) is 19.0 Å². The summed E-state index contributed by atoms with van der Waals surface area (Å²) in [5.74, 6) is -0.757. The molecule has 0 saturated carbocycles. The molecule has 1 aromatic carbocycles. The second-order valence-electron chi connectivity index (χ2n) is 3.92. The van der Waals surface area contributed by atoms with Gasteiger partial charge in [0.15, 0.2) is 0 Å². The maximum Gasteiger partial charge on any atom is 0.417 e. The van der Waals surface area contributed by atoms with Crippen molar-refractivity contribution < 1.29 is 18.0 Å².